The molecule has 1 aliphatic carbocycles. The number of carbonyl (C=O) groups is 1. The van der Waals surface area contributed by atoms with E-state index in [1.165, 1.54) is 6.07 Å². The lowest BCUT2D eigenvalue weighted by Crippen LogP contribution is -2.47. The van der Waals surface area contributed by atoms with Crippen molar-refractivity contribution in [3.05, 3.63) is 35.4 Å². The van der Waals surface area contributed by atoms with Crippen LogP contribution < -0.4 is 10.6 Å². The number of amides is 1. The summed E-state index contributed by atoms with van der Waals surface area (Å²) in [6.07, 6.45) is 2.63. The first-order valence-electron chi connectivity index (χ1n) is 8.47. The summed E-state index contributed by atoms with van der Waals surface area (Å²) < 4.78 is 31.7. The number of benzene rings is 1. The van der Waals surface area contributed by atoms with Crippen LogP contribution in [-0.4, -0.2) is 39.3 Å². The van der Waals surface area contributed by atoms with E-state index >= 15 is 0 Å². The Morgan fingerprint density at radius 2 is 2.08 bits per heavy atom. The van der Waals surface area contributed by atoms with Gasteiger partial charge in [-0.1, -0.05) is 6.07 Å². The smallest absolute Gasteiger partial charge is 0.223 e. The van der Waals surface area contributed by atoms with Gasteiger partial charge in [-0.3, -0.25) is 4.79 Å². The zero-order valence-electron chi connectivity index (χ0n) is 13.9. The first-order chi connectivity index (χ1) is 11.5. The minimum absolute atomic E-state index is 0.00116. The number of rotatable bonds is 6. The van der Waals surface area contributed by atoms with Crippen LogP contribution in [0.1, 0.15) is 30.7 Å². The van der Waals surface area contributed by atoms with Gasteiger partial charge in [0.25, 0.3) is 0 Å². The highest BCUT2D eigenvalue weighted by atomic mass is 19.2. The number of hydrogen-bond donors (Lipinski definition) is 2. The van der Waals surface area contributed by atoms with E-state index in [9.17, 15) is 13.6 Å². The normalized spacial score (nSPS) is 25.3. The minimum atomic E-state index is -0.854. The largest absolute Gasteiger partial charge is 0.384 e. The van der Waals surface area contributed by atoms with Gasteiger partial charge in [0.2, 0.25) is 5.91 Å². The van der Waals surface area contributed by atoms with E-state index in [4.69, 9.17) is 4.74 Å². The van der Waals surface area contributed by atoms with Gasteiger partial charge in [0.1, 0.15) is 0 Å². The van der Waals surface area contributed by atoms with Crippen LogP contribution in [0.5, 0.6) is 0 Å². The predicted molar refractivity (Wildman–Crippen MR) is 86.6 cm³/mol. The van der Waals surface area contributed by atoms with Gasteiger partial charge >= 0.3 is 0 Å². The van der Waals surface area contributed by atoms with E-state index in [-0.39, 0.29) is 23.2 Å². The van der Waals surface area contributed by atoms with Crippen LogP contribution in [0.25, 0.3) is 0 Å². The first-order valence-corrected chi connectivity index (χ1v) is 8.47. The summed E-state index contributed by atoms with van der Waals surface area (Å²) in [4.78, 5) is 12.4. The fourth-order valence-corrected chi connectivity index (χ4v) is 3.64. The Balaban J connectivity index is 1.55. The average Bonchev–Trinajstić information content (AvgIpc) is 3.37. The molecule has 132 valence electrons. The van der Waals surface area contributed by atoms with E-state index < -0.39 is 11.6 Å². The number of piperidine rings is 1. The van der Waals surface area contributed by atoms with Crippen molar-refractivity contribution in [1.29, 1.82) is 0 Å². The number of methoxy groups -OCH3 is 1. The molecule has 0 aromatic heterocycles. The molecule has 24 heavy (non-hydrogen) atoms. The SMILES string of the molecule is COCC1(CNC(=O)C2CC2c2ccc(F)c(F)c2)CCNCC1. The highest BCUT2D eigenvalue weighted by Crippen LogP contribution is 2.47. The van der Waals surface area contributed by atoms with Gasteiger partial charge in [0, 0.05) is 25.0 Å². The van der Waals surface area contributed by atoms with Gasteiger partial charge in [-0.15, -0.1) is 0 Å². The lowest BCUT2D eigenvalue weighted by molar-refractivity contribution is -0.123. The van der Waals surface area contributed by atoms with Crippen molar-refractivity contribution in [3.63, 3.8) is 0 Å². The van der Waals surface area contributed by atoms with Gasteiger partial charge in [0.05, 0.1) is 6.61 Å². The summed E-state index contributed by atoms with van der Waals surface area (Å²) in [6.45, 7) is 3.09. The number of halogens is 2. The number of nitrogens with one attached hydrogen (secondary N) is 2. The maximum Gasteiger partial charge on any atom is 0.223 e. The third kappa shape index (κ3) is 3.75. The Kier molecular flexibility index (Phi) is 5.15. The number of ether oxygens (including phenoxy) is 1. The molecule has 2 atom stereocenters. The molecule has 2 fully saturated rings. The second-order valence-corrected chi connectivity index (χ2v) is 7.02. The molecule has 6 heteroatoms. The maximum absolute atomic E-state index is 13.3. The molecule has 1 amide bonds. The standard InChI is InChI=1S/C18H24F2N2O2/c1-24-11-18(4-6-21-7-5-18)10-22-17(23)14-9-13(14)12-2-3-15(19)16(20)8-12/h2-3,8,13-14,21H,4-7,9-11H2,1H3,(H,22,23). The molecule has 4 nitrogen and oxygen atoms in total. The third-order valence-electron chi connectivity index (χ3n) is 5.25. The molecule has 3 rings (SSSR count). The van der Waals surface area contributed by atoms with Crippen LogP contribution in [0.2, 0.25) is 0 Å². The zero-order chi connectivity index (χ0) is 17.2. The van der Waals surface area contributed by atoms with Crippen molar-refractivity contribution >= 4 is 5.91 Å². The van der Waals surface area contributed by atoms with E-state index in [1.807, 2.05) is 0 Å². The van der Waals surface area contributed by atoms with Crippen LogP contribution in [-0.2, 0) is 9.53 Å². The maximum atomic E-state index is 13.3. The summed E-state index contributed by atoms with van der Waals surface area (Å²) in [6, 6.07) is 3.89. The van der Waals surface area contributed by atoms with E-state index in [0.717, 1.165) is 32.0 Å². The third-order valence-corrected chi connectivity index (χ3v) is 5.25. The van der Waals surface area contributed by atoms with Crippen LogP contribution in [0, 0.1) is 23.0 Å². The van der Waals surface area contributed by atoms with Gasteiger partial charge in [-0.05, 0) is 56.0 Å². The van der Waals surface area contributed by atoms with E-state index in [2.05, 4.69) is 10.6 Å². The minimum Gasteiger partial charge on any atom is -0.384 e. The van der Waals surface area contributed by atoms with E-state index in [1.54, 1.807) is 13.2 Å². The molecule has 1 aromatic carbocycles. The Morgan fingerprint density at radius 1 is 1.33 bits per heavy atom. The summed E-state index contributed by atoms with van der Waals surface area (Å²) in [5.41, 5.74) is 0.685. The Morgan fingerprint density at radius 3 is 2.75 bits per heavy atom. The summed E-state index contributed by atoms with van der Waals surface area (Å²) in [5.74, 6) is -1.86. The van der Waals surface area contributed by atoms with Crippen molar-refractivity contribution in [2.24, 2.45) is 11.3 Å². The molecule has 2 aliphatic rings. The topological polar surface area (TPSA) is 50.4 Å². The van der Waals surface area contributed by atoms with Crippen molar-refractivity contribution in [1.82, 2.24) is 10.6 Å². The molecule has 1 saturated carbocycles. The zero-order valence-corrected chi connectivity index (χ0v) is 13.9. The summed E-state index contributed by atoms with van der Waals surface area (Å²) >= 11 is 0. The number of hydrogen-bond acceptors (Lipinski definition) is 3. The van der Waals surface area contributed by atoms with Gasteiger partial charge in [0.15, 0.2) is 11.6 Å². The summed E-state index contributed by atoms with van der Waals surface area (Å²) in [5, 5.41) is 6.38. The number of carbonyl (C=O) groups excluding carboxylic acids is 1. The van der Waals surface area contributed by atoms with Gasteiger partial charge < -0.3 is 15.4 Å². The molecule has 1 saturated heterocycles. The van der Waals surface area contributed by atoms with Crippen molar-refractivity contribution in [2.75, 3.05) is 33.4 Å². The van der Waals surface area contributed by atoms with Gasteiger partial charge in [-0.25, -0.2) is 8.78 Å². The van der Waals surface area contributed by atoms with Gasteiger partial charge in [-0.2, -0.15) is 0 Å². The van der Waals surface area contributed by atoms with Crippen molar-refractivity contribution in [2.45, 2.75) is 25.2 Å². The molecule has 2 unspecified atom stereocenters. The molecular weight excluding hydrogens is 314 g/mol. The Hall–Kier alpha value is -1.53. The first kappa shape index (κ1) is 17.3. The quantitative estimate of drug-likeness (QED) is 0.836. The van der Waals surface area contributed by atoms with Crippen LogP contribution in [0.4, 0.5) is 8.78 Å². The van der Waals surface area contributed by atoms with Crippen molar-refractivity contribution in [3.8, 4) is 0 Å². The lowest BCUT2D eigenvalue weighted by atomic mass is 9.79. The molecule has 2 N–H and O–H groups in total. The molecule has 0 bridgehead atoms. The predicted octanol–water partition coefficient (Wildman–Crippen LogP) is 2.20. The molecule has 1 aliphatic heterocycles. The van der Waals surface area contributed by atoms with Crippen molar-refractivity contribution < 1.29 is 18.3 Å². The fraction of sp³-hybridized carbons (Fsp3) is 0.611. The highest BCUT2D eigenvalue weighted by molar-refractivity contribution is 5.82. The van der Waals surface area contributed by atoms with Crippen LogP contribution in [0.3, 0.4) is 0 Å². The molecular formula is C18H24F2N2O2. The molecule has 1 aromatic rings. The summed E-state index contributed by atoms with van der Waals surface area (Å²) in [7, 11) is 1.69. The second kappa shape index (κ2) is 7.15. The Bertz CT molecular complexity index is 597. The molecule has 0 radical (unpaired) electrons. The second-order valence-electron chi connectivity index (χ2n) is 7.02. The molecule has 1 heterocycles. The van der Waals surface area contributed by atoms with Crippen LogP contribution >= 0.6 is 0 Å². The average molecular weight is 338 g/mol. The Labute approximate surface area is 141 Å². The monoisotopic (exact) mass is 338 g/mol. The molecule has 0 spiro atoms. The van der Waals surface area contributed by atoms with Crippen LogP contribution in [0.15, 0.2) is 18.2 Å². The highest BCUT2D eigenvalue weighted by Gasteiger charge is 2.45. The fourth-order valence-electron chi connectivity index (χ4n) is 3.64. The lowest BCUT2D eigenvalue weighted by Gasteiger charge is -2.37. The van der Waals surface area contributed by atoms with E-state index in [0.29, 0.717) is 25.1 Å².